The SMILES string of the molecule is CNC(c1csc(I)c1)c1ccc(C)o1. The number of thiophene rings is 1. The van der Waals surface area contributed by atoms with Crippen LogP contribution in [0.1, 0.15) is 23.1 Å². The van der Waals surface area contributed by atoms with Gasteiger partial charge in [0.1, 0.15) is 11.5 Å². The van der Waals surface area contributed by atoms with Crippen LogP contribution >= 0.6 is 33.9 Å². The van der Waals surface area contributed by atoms with Crippen molar-refractivity contribution in [3.63, 3.8) is 0 Å². The Morgan fingerprint density at radius 1 is 1.47 bits per heavy atom. The van der Waals surface area contributed by atoms with Crippen molar-refractivity contribution in [2.45, 2.75) is 13.0 Å². The molecule has 2 heterocycles. The molecule has 1 N–H and O–H groups in total. The summed E-state index contributed by atoms with van der Waals surface area (Å²) >= 11 is 4.09. The molecule has 2 aromatic rings. The van der Waals surface area contributed by atoms with Crippen molar-refractivity contribution in [2.24, 2.45) is 0 Å². The first-order valence-corrected chi connectivity index (χ1v) is 6.64. The Bertz CT molecular complexity index is 409. The van der Waals surface area contributed by atoms with E-state index in [0.29, 0.717) is 0 Å². The molecule has 0 aliphatic carbocycles. The lowest BCUT2D eigenvalue weighted by molar-refractivity contribution is 0.444. The maximum atomic E-state index is 5.64. The lowest BCUT2D eigenvalue weighted by Gasteiger charge is -2.11. The van der Waals surface area contributed by atoms with Crippen LogP contribution in [0.2, 0.25) is 0 Å². The van der Waals surface area contributed by atoms with E-state index in [4.69, 9.17) is 4.42 Å². The number of hydrogen-bond acceptors (Lipinski definition) is 3. The minimum atomic E-state index is 0.165. The summed E-state index contributed by atoms with van der Waals surface area (Å²) in [6.45, 7) is 1.97. The lowest BCUT2D eigenvalue weighted by atomic mass is 10.1. The van der Waals surface area contributed by atoms with E-state index in [1.807, 2.05) is 26.1 Å². The van der Waals surface area contributed by atoms with E-state index in [1.165, 1.54) is 8.45 Å². The van der Waals surface area contributed by atoms with Crippen molar-refractivity contribution in [3.05, 3.63) is 43.5 Å². The third kappa shape index (κ3) is 2.43. The normalized spacial score (nSPS) is 13.0. The van der Waals surface area contributed by atoms with Crippen LogP contribution in [-0.4, -0.2) is 7.05 Å². The van der Waals surface area contributed by atoms with Gasteiger partial charge >= 0.3 is 0 Å². The molecule has 4 heteroatoms. The van der Waals surface area contributed by atoms with Crippen molar-refractivity contribution in [1.29, 1.82) is 0 Å². The van der Waals surface area contributed by atoms with E-state index in [0.717, 1.165) is 11.5 Å². The van der Waals surface area contributed by atoms with Crippen molar-refractivity contribution < 1.29 is 4.42 Å². The fourth-order valence-electron chi connectivity index (χ4n) is 1.56. The second-order valence-corrected chi connectivity index (χ2v) is 6.16. The Morgan fingerprint density at radius 3 is 2.73 bits per heavy atom. The highest BCUT2D eigenvalue weighted by Crippen LogP contribution is 2.28. The molecule has 0 aromatic carbocycles. The number of rotatable bonds is 3. The molecule has 0 aliphatic heterocycles. The van der Waals surface area contributed by atoms with Gasteiger partial charge in [0.2, 0.25) is 0 Å². The third-order valence-electron chi connectivity index (χ3n) is 2.26. The fraction of sp³-hybridized carbons (Fsp3) is 0.273. The highest BCUT2D eigenvalue weighted by Gasteiger charge is 2.16. The van der Waals surface area contributed by atoms with Crippen molar-refractivity contribution >= 4 is 33.9 Å². The van der Waals surface area contributed by atoms with Gasteiger partial charge in [0.15, 0.2) is 0 Å². The molecule has 0 spiro atoms. The summed E-state index contributed by atoms with van der Waals surface area (Å²) in [4.78, 5) is 0. The van der Waals surface area contributed by atoms with Crippen LogP contribution in [0.25, 0.3) is 0 Å². The molecule has 2 aromatic heterocycles. The number of hydrogen-bond donors (Lipinski definition) is 1. The molecule has 1 unspecified atom stereocenters. The molecule has 15 heavy (non-hydrogen) atoms. The van der Waals surface area contributed by atoms with Gasteiger partial charge < -0.3 is 9.73 Å². The molecule has 0 saturated carbocycles. The van der Waals surface area contributed by atoms with Crippen LogP contribution in [0, 0.1) is 9.81 Å². The van der Waals surface area contributed by atoms with Crippen LogP contribution in [0.4, 0.5) is 0 Å². The Morgan fingerprint density at radius 2 is 2.27 bits per heavy atom. The summed E-state index contributed by atoms with van der Waals surface area (Å²) in [5, 5.41) is 5.44. The standard InChI is InChI=1S/C11H12INOS/c1-7-3-4-9(14-7)11(13-2)8-5-10(12)15-6-8/h3-6,11,13H,1-2H3. The predicted molar refractivity (Wildman–Crippen MR) is 71.4 cm³/mol. The molecule has 80 valence electrons. The molecule has 0 amide bonds. The van der Waals surface area contributed by atoms with Gasteiger partial charge in [0.25, 0.3) is 0 Å². The summed E-state index contributed by atoms with van der Waals surface area (Å²) in [5.74, 6) is 1.93. The average Bonchev–Trinajstić information content (AvgIpc) is 2.78. The molecule has 0 radical (unpaired) electrons. The number of nitrogens with one attached hydrogen (secondary N) is 1. The van der Waals surface area contributed by atoms with E-state index in [2.05, 4.69) is 39.4 Å². The molecule has 1 atom stereocenters. The van der Waals surface area contributed by atoms with Crippen LogP contribution < -0.4 is 5.32 Å². The van der Waals surface area contributed by atoms with Crippen LogP contribution in [-0.2, 0) is 0 Å². The Balaban J connectivity index is 2.32. The first-order valence-electron chi connectivity index (χ1n) is 4.68. The topological polar surface area (TPSA) is 25.2 Å². The van der Waals surface area contributed by atoms with Crippen LogP contribution in [0.15, 0.2) is 28.0 Å². The molecular weight excluding hydrogens is 321 g/mol. The molecule has 2 nitrogen and oxygen atoms in total. The molecule has 0 aliphatic rings. The molecule has 0 bridgehead atoms. The van der Waals surface area contributed by atoms with Gasteiger partial charge in [-0.15, -0.1) is 11.3 Å². The van der Waals surface area contributed by atoms with E-state index < -0.39 is 0 Å². The Kier molecular flexibility index (Phi) is 3.48. The van der Waals surface area contributed by atoms with Gasteiger partial charge in [-0.2, -0.15) is 0 Å². The van der Waals surface area contributed by atoms with E-state index in [1.54, 1.807) is 11.3 Å². The van der Waals surface area contributed by atoms with Gasteiger partial charge in [-0.05, 0) is 65.7 Å². The summed E-state index contributed by atoms with van der Waals surface area (Å²) in [5.41, 5.74) is 1.27. The maximum Gasteiger partial charge on any atom is 0.125 e. The lowest BCUT2D eigenvalue weighted by Crippen LogP contribution is -2.16. The summed E-state index contributed by atoms with van der Waals surface area (Å²) in [6.07, 6.45) is 0. The molecular formula is C11H12INOS. The third-order valence-corrected chi connectivity index (χ3v) is 4.06. The van der Waals surface area contributed by atoms with Crippen LogP contribution in [0.5, 0.6) is 0 Å². The maximum absolute atomic E-state index is 5.64. The van der Waals surface area contributed by atoms with E-state index in [9.17, 15) is 0 Å². The van der Waals surface area contributed by atoms with Gasteiger partial charge in [-0.25, -0.2) is 0 Å². The van der Waals surface area contributed by atoms with Gasteiger partial charge in [0.05, 0.1) is 8.93 Å². The zero-order valence-corrected chi connectivity index (χ0v) is 11.6. The van der Waals surface area contributed by atoms with Gasteiger partial charge in [-0.1, -0.05) is 0 Å². The van der Waals surface area contributed by atoms with Crippen molar-refractivity contribution in [3.8, 4) is 0 Å². The van der Waals surface area contributed by atoms with Crippen molar-refractivity contribution in [1.82, 2.24) is 5.32 Å². The van der Waals surface area contributed by atoms with Crippen LogP contribution in [0.3, 0.4) is 0 Å². The summed E-state index contributed by atoms with van der Waals surface area (Å²) in [7, 11) is 1.95. The molecule has 0 saturated heterocycles. The van der Waals surface area contributed by atoms with Gasteiger partial charge in [0, 0.05) is 0 Å². The largest absolute Gasteiger partial charge is 0.464 e. The smallest absolute Gasteiger partial charge is 0.125 e. The van der Waals surface area contributed by atoms with Gasteiger partial charge in [-0.3, -0.25) is 0 Å². The summed E-state index contributed by atoms with van der Waals surface area (Å²) < 4.78 is 6.94. The zero-order chi connectivity index (χ0) is 10.8. The second-order valence-electron chi connectivity index (χ2n) is 3.35. The number of halogens is 1. The first-order chi connectivity index (χ1) is 7.20. The fourth-order valence-corrected chi connectivity index (χ4v) is 2.95. The highest BCUT2D eigenvalue weighted by molar-refractivity contribution is 14.1. The minimum absolute atomic E-state index is 0.165. The monoisotopic (exact) mass is 333 g/mol. The van der Waals surface area contributed by atoms with E-state index in [-0.39, 0.29) is 6.04 Å². The first kappa shape index (κ1) is 11.2. The Hall–Kier alpha value is -0.330. The Labute approximate surface area is 107 Å². The zero-order valence-electron chi connectivity index (χ0n) is 8.58. The average molecular weight is 333 g/mol. The minimum Gasteiger partial charge on any atom is -0.464 e. The second kappa shape index (κ2) is 4.67. The summed E-state index contributed by atoms with van der Waals surface area (Å²) in [6, 6.07) is 6.38. The molecule has 0 fully saturated rings. The quantitative estimate of drug-likeness (QED) is 0.869. The number of furan rings is 1. The van der Waals surface area contributed by atoms with E-state index >= 15 is 0 Å². The highest BCUT2D eigenvalue weighted by atomic mass is 127. The number of aryl methyl sites for hydroxylation is 1. The molecule has 2 rings (SSSR count). The van der Waals surface area contributed by atoms with Crippen molar-refractivity contribution in [2.75, 3.05) is 7.05 Å². The predicted octanol–water partition coefficient (Wildman–Crippen LogP) is 3.56.